The molecule has 0 fully saturated rings. The first kappa shape index (κ1) is 22.3. The summed E-state index contributed by atoms with van der Waals surface area (Å²) in [4.78, 5) is 4.32. The van der Waals surface area contributed by atoms with Crippen LogP contribution in [0.3, 0.4) is 0 Å². The molecule has 32 heavy (non-hydrogen) atoms. The van der Waals surface area contributed by atoms with E-state index in [-0.39, 0.29) is 17.5 Å². The fraction of sp³-hybridized carbons (Fsp3) is 0.130. The molecule has 9 heteroatoms. The van der Waals surface area contributed by atoms with Crippen LogP contribution in [0.15, 0.2) is 93.9 Å². The second kappa shape index (κ2) is 9.73. The Labute approximate surface area is 197 Å². The first-order valence-corrected chi connectivity index (χ1v) is 12.1. The van der Waals surface area contributed by atoms with E-state index in [1.807, 2.05) is 47.5 Å². The summed E-state index contributed by atoms with van der Waals surface area (Å²) in [6.45, 7) is 0.840. The van der Waals surface area contributed by atoms with E-state index in [0.717, 1.165) is 16.8 Å². The Hall–Kier alpha value is -2.87. The third-order valence-electron chi connectivity index (χ3n) is 4.98. The van der Waals surface area contributed by atoms with Gasteiger partial charge in [-0.1, -0.05) is 65.7 Å². The van der Waals surface area contributed by atoms with E-state index < -0.39 is 10.0 Å². The zero-order valence-corrected chi connectivity index (χ0v) is 19.2. The highest BCUT2D eigenvalue weighted by atomic mass is 35.5. The van der Waals surface area contributed by atoms with Gasteiger partial charge in [-0.2, -0.15) is 5.10 Å². The van der Waals surface area contributed by atoms with Gasteiger partial charge in [0.15, 0.2) is 0 Å². The van der Waals surface area contributed by atoms with Crippen molar-refractivity contribution < 1.29 is 8.42 Å². The molecule has 0 spiro atoms. The van der Waals surface area contributed by atoms with Crippen molar-refractivity contribution in [3.05, 3.63) is 100 Å². The molecule has 1 atom stereocenters. The average molecular weight is 487 g/mol. The van der Waals surface area contributed by atoms with Crippen LogP contribution in [0.1, 0.15) is 17.0 Å². The van der Waals surface area contributed by atoms with Gasteiger partial charge in [0.1, 0.15) is 6.67 Å². The van der Waals surface area contributed by atoms with Crippen LogP contribution in [0.4, 0.5) is 0 Å². The summed E-state index contributed by atoms with van der Waals surface area (Å²) < 4.78 is 27.0. The van der Waals surface area contributed by atoms with E-state index in [1.165, 1.54) is 30.6 Å². The molecule has 1 heterocycles. The minimum absolute atomic E-state index is 0.0679. The van der Waals surface area contributed by atoms with Crippen molar-refractivity contribution in [1.82, 2.24) is 9.73 Å². The SMILES string of the molecule is O=S(=O)(NC=NCN1CC(c2ccccc2)C(c2ccc(Cl)cc2)=N1)c1ccc(Cl)cc1. The van der Waals surface area contributed by atoms with Gasteiger partial charge in [-0.15, -0.1) is 0 Å². The molecule has 0 aliphatic carbocycles. The zero-order chi connectivity index (χ0) is 22.6. The quantitative estimate of drug-likeness (QED) is 0.386. The Kier molecular flexibility index (Phi) is 6.79. The number of rotatable bonds is 7. The molecule has 0 saturated heterocycles. The van der Waals surface area contributed by atoms with Gasteiger partial charge in [-0.3, -0.25) is 14.7 Å². The Morgan fingerprint density at radius 3 is 2.25 bits per heavy atom. The summed E-state index contributed by atoms with van der Waals surface area (Å²) in [5.74, 6) is 0.0679. The highest BCUT2D eigenvalue weighted by Gasteiger charge is 2.28. The van der Waals surface area contributed by atoms with Gasteiger partial charge < -0.3 is 0 Å². The molecule has 1 aliphatic heterocycles. The lowest BCUT2D eigenvalue weighted by Gasteiger charge is -2.15. The van der Waals surface area contributed by atoms with Gasteiger partial charge in [0, 0.05) is 16.0 Å². The Bertz CT molecular complexity index is 1230. The van der Waals surface area contributed by atoms with Crippen molar-refractivity contribution in [3.63, 3.8) is 0 Å². The van der Waals surface area contributed by atoms with Crippen molar-refractivity contribution in [2.24, 2.45) is 10.1 Å². The van der Waals surface area contributed by atoms with Crippen molar-refractivity contribution in [1.29, 1.82) is 0 Å². The Morgan fingerprint density at radius 1 is 0.969 bits per heavy atom. The molecule has 1 aliphatic rings. The molecule has 1 N–H and O–H groups in total. The number of nitrogens with one attached hydrogen (secondary N) is 1. The lowest BCUT2D eigenvalue weighted by Crippen LogP contribution is -2.24. The van der Waals surface area contributed by atoms with Gasteiger partial charge in [-0.05, 0) is 47.5 Å². The smallest absolute Gasteiger partial charge is 0.262 e. The first-order valence-electron chi connectivity index (χ1n) is 9.83. The van der Waals surface area contributed by atoms with Crippen molar-refractivity contribution in [2.75, 3.05) is 13.2 Å². The number of benzene rings is 3. The molecule has 3 aromatic rings. The van der Waals surface area contributed by atoms with Gasteiger partial charge >= 0.3 is 0 Å². The molecule has 0 bridgehead atoms. The average Bonchev–Trinajstić information content (AvgIpc) is 3.22. The molecule has 0 amide bonds. The Balaban J connectivity index is 1.47. The normalized spacial score (nSPS) is 16.4. The second-order valence-corrected chi connectivity index (χ2v) is 9.76. The largest absolute Gasteiger partial charge is 0.274 e. The van der Waals surface area contributed by atoms with E-state index in [2.05, 4.69) is 21.8 Å². The first-order chi connectivity index (χ1) is 15.4. The van der Waals surface area contributed by atoms with E-state index in [1.54, 1.807) is 0 Å². The molecule has 0 radical (unpaired) electrons. The molecule has 0 aromatic heterocycles. The Morgan fingerprint density at radius 2 is 1.59 bits per heavy atom. The number of aliphatic imine (C=N–C) groups is 1. The van der Waals surface area contributed by atoms with Crippen molar-refractivity contribution >= 4 is 45.3 Å². The molecular weight excluding hydrogens is 467 g/mol. The predicted molar refractivity (Wildman–Crippen MR) is 129 cm³/mol. The highest BCUT2D eigenvalue weighted by molar-refractivity contribution is 7.90. The molecule has 164 valence electrons. The van der Waals surface area contributed by atoms with E-state index in [4.69, 9.17) is 28.3 Å². The maximum absolute atomic E-state index is 12.3. The van der Waals surface area contributed by atoms with E-state index >= 15 is 0 Å². The fourth-order valence-electron chi connectivity index (χ4n) is 3.40. The van der Waals surface area contributed by atoms with Crippen molar-refractivity contribution in [3.8, 4) is 0 Å². The summed E-state index contributed by atoms with van der Waals surface area (Å²) >= 11 is 11.9. The number of hydrogen-bond acceptors (Lipinski definition) is 5. The minimum atomic E-state index is -3.71. The molecule has 4 rings (SSSR count). The zero-order valence-electron chi connectivity index (χ0n) is 16.9. The van der Waals surface area contributed by atoms with Crippen LogP contribution in [0.2, 0.25) is 10.0 Å². The summed E-state index contributed by atoms with van der Waals surface area (Å²) in [5.41, 5.74) is 3.05. The lowest BCUT2D eigenvalue weighted by atomic mass is 9.91. The maximum atomic E-state index is 12.3. The molecule has 1 unspecified atom stereocenters. The van der Waals surface area contributed by atoms with E-state index in [9.17, 15) is 8.42 Å². The number of hydrogen-bond donors (Lipinski definition) is 1. The number of nitrogens with zero attached hydrogens (tertiary/aromatic N) is 3. The third-order valence-corrected chi connectivity index (χ3v) is 6.79. The number of sulfonamides is 1. The van der Waals surface area contributed by atoms with Gasteiger partial charge in [0.05, 0.1) is 23.5 Å². The van der Waals surface area contributed by atoms with Crippen LogP contribution in [-0.4, -0.2) is 38.7 Å². The van der Waals surface area contributed by atoms with Crippen LogP contribution in [0.5, 0.6) is 0 Å². The molecule has 3 aromatic carbocycles. The molecule has 0 saturated carbocycles. The van der Waals surface area contributed by atoms with Crippen LogP contribution in [0, 0.1) is 0 Å². The summed E-state index contributed by atoms with van der Waals surface area (Å²) in [6.07, 6.45) is 1.18. The van der Waals surface area contributed by atoms with E-state index in [0.29, 0.717) is 16.6 Å². The summed E-state index contributed by atoms with van der Waals surface area (Å²) in [7, 11) is -3.71. The number of hydrazone groups is 1. The predicted octanol–water partition coefficient (Wildman–Crippen LogP) is 4.76. The fourth-order valence-corrected chi connectivity index (χ4v) is 4.50. The second-order valence-electron chi connectivity index (χ2n) is 7.17. The highest BCUT2D eigenvalue weighted by Crippen LogP contribution is 2.29. The van der Waals surface area contributed by atoms with Crippen LogP contribution in [0.25, 0.3) is 0 Å². The minimum Gasteiger partial charge on any atom is -0.274 e. The van der Waals surface area contributed by atoms with Crippen LogP contribution in [-0.2, 0) is 10.0 Å². The lowest BCUT2D eigenvalue weighted by molar-refractivity contribution is 0.321. The maximum Gasteiger partial charge on any atom is 0.262 e. The third kappa shape index (κ3) is 5.30. The van der Waals surface area contributed by atoms with Gasteiger partial charge in [-0.25, -0.2) is 8.42 Å². The van der Waals surface area contributed by atoms with Gasteiger partial charge in [0.2, 0.25) is 0 Å². The van der Waals surface area contributed by atoms with Crippen molar-refractivity contribution in [2.45, 2.75) is 10.8 Å². The monoisotopic (exact) mass is 486 g/mol. The van der Waals surface area contributed by atoms with Crippen LogP contribution < -0.4 is 4.72 Å². The number of halogens is 2. The van der Waals surface area contributed by atoms with Crippen LogP contribution >= 0.6 is 23.2 Å². The summed E-state index contributed by atoms with van der Waals surface area (Å²) in [6, 6.07) is 23.6. The standard InChI is InChI=1S/C23H20Cl2N4O2S/c24-19-8-6-18(7-9-19)23-22(17-4-2-1-3-5-17)14-29(28-23)16-26-15-27-32(30,31)21-12-10-20(25)11-13-21/h1-13,15,22H,14,16H2,(H,26,27). The molecule has 6 nitrogen and oxygen atoms in total. The summed E-state index contributed by atoms with van der Waals surface area (Å²) in [5, 5.41) is 7.69. The van der Waals surface area contributed by atoms with Gasteiger partial charge in [0.25, 0.3) is 10.0 Å². The topological polar surface area (TPSA) is 74.1 Å². The molecular formula is C23H20Cl2N4O2S.